The van der Waals surface area contributed by atoms with Gasteiger partial charge in [0.1, 0.15) is 6.04 Å². The maximum atomic E-state index is 13.3. The summed E-state index contributed by atoms with van der Waals surface area (Å²) < 4.78 is 26.2. The van der Waals surface area contributed by atoms with Crippen molar-refractivity contribution < 1.29 is 18.0 Å². The van der Waals surface area contributed by atoms with Crippen LogP contribution in [-0.2, 0) is 26.2 Å². The van der Waals surface area contributed by atoms with Crippen LogP contribution >= 0.6 is 0 Å². The van der Waals surface area contributed by atoms with Gasteiger partial charge in [-0.2, -0.15) is 0 Å². The Morgan fingerprint density at radius 2 is 1.53 bits per heavy atom. The van der Waals surface area contributed by atoms with Gasteiger partial charge in [-0.1, -0.05) is 42.5 Å². The van der Waals surface area contributed by atoms with E-state index in [0.29, 0.717) is 18.7 Å². The number of benzene rings is 2. The van der Waals surface area contributed by atoms with E-state index in [1.165, 1.54) is 10.6 Å². The SMILES string of the molecule is Cc1ccccc1CN(C(=O)CCCN(c1ccccc1C)S(C)(=O)=O)C(C)C(=O)NC(C)C. The number of sulfonamides is 1. The Kier molecular flexibility index (Phi) is 9.67. The zero-order valence-electron chi connectivity index (χ0n) is 21.0. The van der Waals surface area contributed by atoms with Crippen LogP contribution in [0.25, 0.3) is 0 Å². The molecule has 0 aliphatic carbocycles. The molecule has 0 aromatic heterocycles. The Hall–Kier alpha value is -2.87. The molecule has 8 heteroatoms. The zero-order chi connectivity index (χ0) is 25.5. The molecule has 2 aromatic rings. The minimum atomic E-state index is -3.51. The van der Waals surface area contributed by atoms with Gasteiger partial charge in [0, 0.05) is 25.6 Å². The third-order valence-corrected chi connectivity index (χ3v) is 6.92. The van der Waals surface area contributed by atoms with E-state index in [-0.39, 0.29) is 30.8 Å². The largest absolute Gasteiger partial charge is 0.352 e. The average molecular weight is 488 g/mol. The number of nitrogens with zero attached hydrogens (tertiary/aromatic N) is 2. The van der Waals surface area contributed by atoms with E-state index in [4.69, 9.17) is 0 Å². The molecule has 0 aliphatic rings. The highest BCUT2D eigenvalue weighted by atomic mass is 32.2. The third-order valence-electron chi connectivity index (χ3n) is 5.74. The monoisotopic (exact) mass is 487 g/mol. The van der Waals surface area contributed by atoms with Crippen molar-refractivity contribution >= 4 is 27.5 Å². The third kappa shape index (κ3) is 7.58. The number of anilines is 1. The van der Waals surface area contributed by atoms with Gasteiger partial charge in [0.25, 0.3) is 0 Å². The van der Waals surface area contributed by atoms with Gasteiger partial charge in [-0.15, -0.1) is 0 Å². The van der Waals surface area contributed by atoms with Crippen LogP contribution in [0.2, 0.25) is 0 Å². The Morgan fingerprint density at radius 3 is 2.09 bits per heavy atom. The first-order valence-corrected chi connectivity index (χ1v) is 13.4. The first kappa shape index (κ1) is 27.4. The highest BCUT2D eigenvalue weighted by Crippen LogP contribution is 2.23. The molecule has 34 heavy (non-hydrogen) atoms. The van der Waals surface area contributed by atoms with Crippen molar-refractivity contribution in [2.75, 3.05) is 17.1 Å². The Bertz CT molecular complexity index is 1100. The van der Waals surface area contributed by atoms with E-state index >= 15 is 0 Å². The number of rotatable bonds is 11. The fourth-order valence-corrected chi connectivity index (χ4v) is 4.81. The van der Waals surface area contributed by atoms with Gasteiger partial charge in [-0.3, -0.25) is 13.9 Å². The molecule has 2 aromatic carbocycles. The second kappa shape index (κ2) is 12.0. The number of para-hydroxylation sites is 1. The first-order chi connectivity index (χ1) is 15.9. The number of carbonyl (C=O) groups is 2. The lowest BCUT2D eigenvalue weighted by atomic mass is 10.1. The molecule has 1 unspecified atom stereocenters. The molecular weight excluding hydrogens is 450 g/mol. The molecule has 2 amide bonds. The van der Waals surface area contributed by atoms with Gasteiger partial charge in [0.15, 0.2) is 0 Å². The summed E-state index contributed by atoms with van der Waals surface area (Å²) in [5.74, 6) is -0.400. The zero-order valence-corrected chi connectivity index (χ0v) is 21.9. The standard InChI is InChI=1S/C26H37N3O4S/c1-19(2)27-26(31)22(5)28(18-23-14-9-7-12-20(23)3)25(30)16-11-17-29(34(6,32)33)24-15-10-8-13-21(24)4/h7-10,12-15,19,22H,11,16-18H2,1-6H3,(H,27,31). The van der Waals surface area contributed by atoms with Gasteiger partial charge in [0.2, 0.25) is 21.8 Å². The van der Waals surface area contributed by atoms with Crippen LogP contribution in [0.3, 0.4) is 0 Å². The number of amides is 2. The molecule has 186 valence electrons. The predicted molar refractivity (Wildman–Crippen MR) is 137 cm³/mol. The van der Waals surface area contributed by atoms with Crippen LogP contribution in [0.15, 0.2) is 48.5 Å². The fraction of sp³-hybridized carbons (Fsp3) is 0.462. The summed E-state index contributed by atoms with van der Waals surface area (Å²) in [4.78, 5) is 27.6. The van der Waals surface area contributed by atoms with Crippen molar-refractivity contribution in [3.05, 3.63) is 65.2 Å². The molecule has 2 rings (SSSR count). The van der Waals surface area contributed by atoms with E-state index in [0.717, 1.165) is 16.7 Å². The van der Waals surface area contributed by atoms with Crippen LogP contribution < -0.4 is 9.62 Å². The lowest BCUT2D eigenvalue weighted by molar-refractivity contribution is -0.140. The van der Waals surface area contributed by atoms with Crippen LogP contribution in [-0.4, -0.2) is 50.0 Å². The predicted octanol–water partition coefficient (Wildman–Crippen LogP) is 3.79. The van der Waals surface area contributed by atoms with Crippen molar-refractivity contribution in [3.63, 3.8) is 0 Å². The van der Waals surface area contributed by atoms with Gasteiger partial charge in [-0.05, 0) is 63.8 Å². The van der Waals surface area contributed by atoms with Crippen LogP contribution in [0.5, 0.6) is 0 Å². The van der Waals surface area contributed by atoms with E-state index < -0.39 is 16.1 Å². The number of carbonyl (C=O) groups excluding carboxylic acids is 2. The summed E-state index contributed by atoms with van der Waals surface area (Å²) in [6.07, 6.45) is 1.64. The van der Waals surface area contributed by atoms with Gasteiger partial charge in [-0.25, -0.2) is 8.42 Å². The summed E-state index contributed by atoms with van der Waals surface area (Å²) in [6, 6.07) is 14.4. The highest BCUT2D eigenvalue weighted by Gasteiger charge is 2.27. The summed E-state index contributed by atoms with van der Waals surface area (Å²) >= 11 is 0. The number of nitrogens with one attached hydrogen (secondary N) is 1. The normalized spacial score (nSPS) is 12.3. The number of hydrogen-bond acceptors (Lipinski definition) is 4. The molecule has 0 spiro atoms. The molecular formula is C26H37N3O4S. The van der Waals surface area contributed by atoms with E-state index in [9.17, 15) is 18.0 Å². The lowest BCUT2D eigenvalue weighted by Crippen LogP contribution is -2.49. The Morgan fingerprint density at radius 1 is 0.941 bits per heavy atom. The number of hydrogen-bond donors (Lipinski definition) is 1. The Labute approximate surface area is 204 Å². The minimum absolute atomic E-state index is 0.0391. The average Bonchev–Trinajstić information content (AvgIpc) is 2.75. The smallest absolute Gasteiger partial charge is 0.242 e. The van der Waals surface area contributed by atoms with Gasteiger partial charge >= 0.3 is 0 Å². The number of aryl methyl sites for hydroxylation is 2. The van der Waals surface area contributed by atoms with Crippen molar-refractivity contribution in [1.82, 2.24) is 10.2 Å². The van der Waals surface area contributed by atoms with Crippen molar-refractivity contribution in [1.29, 1.82) is 0 Å². The van der Waals surface area contributed by atoms with E-state index in [1.807, 2.05) is 64.1 Å². The Balaban J connectivity index is 2.19. The molecule has 7 nitrogen and oxygen atoms in total. The summed E-state index contributed by atoms with van der Waals surface area (Å²) in [5.41, 5.74) is 3.47. The van der Waals surface area contributed by atoms with Crippen molar-refractivity contribution in [2.24, 2.45) is 0 Å². The van der Waals surface area contributed by atoms with Crippen LogP contribution in [0, 0.1) is 13.8 Å². The minimum Gasteiger partial charge on any atom is -0.352 e. The maximum Gasteiger partial charge on any atom is 0.242 e. The molecule has 0 heterocycles. The fourth-order valence-electron chi connectivity index (χ4n) is 3.78. The van der Waals surface area contributed by atoms with E-state index in [1.54, 1.807) is 24.0 Å². The topological polar surface area (TPSA) is 86.8 Å². The quantitative estimate of drug-likeness (QED) is 0.522. The molecule has 0 aliphatic heterocycles. The molecule has 0 saturated heterocycles. The highest BCUT2D eigenvalue weighted by molar-refractivity contribution is 7.92. The van der Waals surface area contributed by atoms with Crippen LogP contribution in [0.4, 0.5) is 5.69 Å². The lowest BCUT2D eigenvalue weighted by Gasteiger charge is -2.30. The summed E-state index contributed by atoms with van der Waals surface area (Å²) in [6.45, 7) is 9.81. The van der Waals surface area contributed by atoms with E-state index in [2.05, 4.69) is 5.32 Å². The second-order valence-electron chi connectivity index (χ2n) is 9.01. The molecule has 1 atom stereocenters. The van der Waals surface area contributed by atoms with Crippen LogP contribution in [0.1, 0.15) is 50.3 Å². The summed E-state index contributed by atoms with van der Waals surface area (Å²) in [7, 11) is -3.51. The summed E-state index contributed by atoms with van der Waals surface area (Å²) in [5, 5.41) is 2.88. The first-order valence-electron chi connectivity index (χ1n) is 11.6. The molecule has 0 fully saturated rings. The van der Waals surface area contributed by atoms with Gasteiger partial charge in [0.05, 0.1) is 11.9 Å². The van der Waals surface area contributed by atoms with Crippen molar-refractivity contribution in [3.8, 4) is 0 Å². The second-order valence-corrected chi connectivity index (χ2v) is 10.9. The molecule has 0 radical (unpaired) electrons. The maximum absolute atomic E-state index is 13.3. The molecule has 0 bridgehead atoms. The molecule has 1 N–H and O–H groups in total. The molecule has 0 saturated carbocycles. The van der Waals surface area contributed by atoms with Crippen molar-refractivity contribution in [2.45, 2.75) is 66.1 Å². The van der Waals surface area contributed by atoms with Gasteiger partial charge < -0.3 is 10.2 Å².